The molecule has 2 rings (SSSR count). The van der Waals surface area contributed by atoms with Crippen molar-refractivity contribution in [3.05, 3.63) is 35.4 Å². The van der Waals surface area contributed by atoms with Crippen molar-refractivity contribution in [3.63, 3.8) is 0 Å². The topological polar surface area (TPSA) is 46.3 Å². The average molecular weight is 218 g/mol. The molecule has 1 heterocycles. The van der Waals surface area contributed by atoms with Crippen molar-refractivity contribution >= 4 is 5.91 Å². The van der Waals surface area contributed by atoms with E-state index < -0.39 is 0 Å². The lowest BCUT2D eigenvalue weighted by molar-refractivity contribution is -0.131. The van der Waals surface area contributed by atoms with Crippen LogP contribution in [0.1, 0.15) is 24.0 Å². The number of nitrogens with two attached hydrogens (primary N) is 1. The zero-order valence-electron chi connectivity index (χ0n) is 9.48. The van der Waals surface area contributed by atoms with Gasteiger partial charge in [0.25, 0.3) is 0 Å². The number of benzene rings is 1. The summed E-state index contributed by atoms with van der Waals surface area (Å²) in [6, 6.07) is 8.38. The van der Waals surface area contributed by atoms with Gasteiger partial charge in [-0.25, -0.2) is 0 Å². The molecule has 3 heteroatoms. The third-order valence-electron chi connectivity index (χ3n) is 3.06. The van der Waals surface area contributed by atoms with Gasteiger partial charge in [-0.2, -0.15) is 0 Å². The minimum Gasteiger partial charge on any atom is -0.338 e. The van der Waals surface area contributed by atoms with E-state index in [1.165, 1.54) is 11.1 Å². The Balaban J connectivity index is 2.13. The van der Waals surface area contributed by atoms with Gasteiger partial charge in [0, 0.05) is 26.1 Å². The predicted octanol–water partition coefficient (Wildman–Crippen LogP) is 1.31. The fourth-order valence-electron chi connectivity index (χ4n) is 2.20. The molecule has 0 atom stereocenters. The van der Waals surface area contributed by atoms with Gasteiger partial charge < -0.3 is 10.6 Å². The minimum absolute atomic E-state index is 0.180. The van der Waals surface area contributed by atoms with Crippen LogP contribution in [0.15, 0.2) is 24.3 Å². The van der Waals surface area contributed by atoms with E-state index in [1.807, 2.05) is 11.0 Å². The first-order valence-electron chi connectivity index (χ1n) is 5.86. The van der Waals surface area contributed by atoms with Gasteiger partial charge in [0.2, 0.25) is 5.91 Å². The Morgan fingerprint density at radius 2 is 2.06 bits per heavy atom. The lowest BCUT2D eigenvalue weighted by Gasteiger charge is -2.20. The maximum absolute atomic E-state index is 11.8. The number of amides is 1. The molecule has 1 aliphatic heterocycles. The summed E-state index contributed by atoms with van der Waals surface area (Å²) in [4.78, 5) is 13.7. The Bertz CT molecular complexity index is 376. The third-order valence-corrected chi connectivity index (χ3v) is 3.06. The lowest BCUT2D eigenvalue weighted by atomic mass is 10.0. The van der Waals surface area contributed by atoms with Crippen LogP contribution in [0.4, 0.5) is 0 Å². The van der Waals surface area contributed by atoms with E-state index in [0.29, 0.717) is 13.0 Å². The van der Waals surface area contributed by atoms with Gasteiger partial charge in [-0.3, -0.25) is 4.79 Å². The Morgan fingerprint density at radius 1 is 1.31 bits per heavy atom. The first kappa shape index (κ1) is 11.1. The van der Waals surface area contributed by atoms with Gasteiger partial charge >= 0.3 is 0 Å². The molecule has 0 spiro atoms. The maximum atomic E-state index is 11.8. The highest BCUT2D eigenvalue weighted by Crippen LogP contribution is 2.18. The zero-order valence-corrected chi connectivity index (χ0v) is 9.48. The number of nitrogens with zero attached hydrogens (tertiary/aromatic N) is 1. The van der Waals surface area contributed by atoms with Crippen LogP contribution in [0, 0.1) is 0 Å². The summed E-state index contributed by atoms with van der Waals surface area (Å²) in [5.74, 6) is 0.180. The monoisotopic (exact) mass is 218 g/mol. The summed E-state index contributed by atoms with van der Waals surface area (Å²) < 4.78 is 0. The van der Waals surface area contributed by atoms with Crippen molar-refractivity contribution in [1.29, 1.82) is 0 Å². The average Bonchev–Trinajstić information content (AvgIpc) is 2.51. The van der Waals surface area contributed by atoms with E-state index in [9.17, 15) is 4.79 Å². The van der Waals surface area contributed by atoms with Gasteiger partial charge in [0.05, 0.1) is 0 Å². The molecule has 86 valence electrons. The lowest BCUT2D eigenvalue weighted by Crippen LogP contribution is -2.31. The first-order valence-corrected chi connectivity index (χ1v) is 5.86. The summed E-state index contributed by atoms with van der Waals surface area (Å²) in [7, 11) is 0. The molecule has 0 unspecified atom stereocenters. The van der Waals surface area contributed by atoms with E-state index in [4.69, 9.17) is 5.73 Å². The Kier molecular flexibility index (Phi) is 3.57. The SMILES string of the molecule is NCCC(=O)N1CCCc2ccccc2C1. The highest BCUT2D eigenvalue weighted by molar-refractivity contribution is 5.76. The van der Waals surface area contributed by atoms with Crippen LogP contribution >= 0.6 is 0 Å². The molecule has 1 amide bonds. The molecule has 1 aromatic rings. The maximum Gasteiger partial charge on any atom is 0.224 e. The molecule has 0 fully saturated rings. The fraction of sp³-hybridized carbons (Fsp3) is 0.462. The molecule has 0 saturated heterocycles. The molecule has 3 nitrogen and oxygen atoms in total. The smallest absolute Gasteiger partial charge is 0.224 e. The quantitative estimate of drug-likeness (QED) is 0.813. The first-order chi connectivity index (χ1) is 7.81. The number of fused-ring (bicyclic) bond motifs is 1. The molecule has 0 radical (unpaired) electrons. The largest absolute Gasteiger partial charge is 0.338 e. The Hall–Kier alpha value is -1.35. The number of hydrogen-bond acceptors (Lipinski definition) is 2. The summed E-state index contributed by atoms with van der Waals surface area (Å²) in [5.41, 5.74) is 8.09. The van der Waals surface area contributed by atoms with Crippen molar-refractivity contribution in [3.8, 4) is 0 Å². The number of aryl methyl sites for hydroxylation is 1. The summed E-state index contributed by atoms with van der Waals surface area (Å²) in [6.07, 6.45) is 2.58. The van der Waals surface area contributed by atoms with Crippen LogP contribution < -0.4 is 5.73 Å². The highest BCUT2D eigenvalue weighted by Gasteiger charge is 2.17. The zero-order chi connectivity index (χ0) is 11.4. The van der Waals surface area contributed by atoms with E-state index >= 15 is 0 Å². The third kappa shape index (κ3) is 2.42. The minimum atomic E-state index is 0.180. The normalized spacial score (nSPS) is 15.4. The molecule has 2 N–H and O–H groups in total. The van der Waals surface area contributed by atoms with Crippen LogP contribution in [-0.2, 0) is 17.8 Å². The van der Waals surface area contributed by atoms with Crippen LogP contribution in [-0.4, -0.2) is 23.9 Å². The van der Waals surface area contributed by atoms with Crippen molar-refractivity contribution in [1.82, 2.24) is 4.90 Å². The fourth-order valence-corrected chi connectivity index (χ4v) is 2.20. The predicted molar refractivity (Wildman–Crippen MR) is 63.9 cm³/mol. The van der Waals surface area contributed by atoms with Crippen LogP contribution in [0.5, 0.6) is 0 Å². The van der Waals surface area contributed by atoms with Gasteiger partial charge in [-0.1, -0.05) is 24.3 Å². The van der Waals surface area contributed by atoms with E-state index in [1.54, 1.807) is 0 Å². The summed E-state index contributed by atoms with van der Waals surface area (Å²) >= 11 is 0. The van der Waals surface area contributed by atoms with Crippen molar-refractivity contribution in [2.24, 2.45) is 5.73 Å². The molecular weight excluding hydrogens is 200 g/mol. The molecule has 16 heavy (non-hydrogen) atoms. The summed E-state index contributed by atoms with van der Waals surface area (Å²) in [6.45, 7) is 2.04. The van der Waals surface area contributed by atoms with E-state index in [0.717, 1.165) is 25.9 Å². The number of carbonyl (C=O) groups is 1. The van der Waals surface area contributed by atoms with Crippen molar-refractivity contribution < 1.29 is 4.79 Å². The van der Waals surface area contributed by atoms with Crippen LogP contribution in [0.2, 0.25) is 0 Å². The molecule has 0 aliphatic carbocycles. The van der Waals surface area contributed by atoms with Crippen molar-refractivity contribution in [2.45, 2.75) is 25.8 Å². The Labute approximate surface area is 96.2 Å². The second-order valence-electron chi connectivity index (χ2n) is 4.23. The van der Waals surface area contributed by atoms with Crippen LogP contribution in [0.25, 0.3) is 0 Å². The van der Waals surface area contributed by atoms with Gasteiger partial charge in [0.15, 0.2) is 0 Å². The molecule has 0 saturated carbocycles. The molecular formula is C13H18N2O. The molecule has 1 aliphatic rings. The number of carbonyl (C=O) groups excluding carboxylic acids is 1. The summed E-state index contributed by atoms with van der Waals surface area (Å²) in [5, 5.41) is 0. The molecule has 1 aromatic carbocycles. The Morgan fingerprint density at radius 3 is 2.81 bits per heavy atom. The van der Waals surface area contributed by atoms with Crippen molar-refractivity contribution in [2.75, 3.05) is 13.1 Å². The number of rotatable bonds is 2. The second kappa shape index (κ2) is 5.12. The highest BCUT2D eigenvalue weighted by atomic mass is 16.2. The second-order valence-corrected chi connectivity index (χ2v) is 4.23. The van der Waals surface area contributed by atoms with Gasteiger partial charge in [-0.05, 0) is 24.0 Å². The number of hydrogen-bond donors (Lipinski definition) is 1. The van der Waals surface area contributed by atoms with Gasteiger partial charge in [0.1, 0.15) is 0 Å². The van der Waals surface area contributed by atoms with E-state index in [2.05, 4.69) is 18.2 Å². The molecule has 0 bridgehead atoms. The van der Waals surface area contributed by atoms with E-state index in [-0.39, 0.29) is 5.91 Å². The van der Waals surface area contributed by atoms with Crippen LogP contribution in [0.3, 0.4) is 0 Å². The molecule has 0 aromatic heterocycles. The standard InChI is InChI=1S/C13H18N2O/c14-8-7-13(16)15-9-3-6-11-4-1-2-5-12(11)10-15/h1-2,4-5H,3,6-10,14H2. The van der Waals surface area contributed by atoms with Gasteiger partial charge in [-0.15, -0.1) is 0 Å².